The Kier molecular flexibility index (Phi) is 5.97. The first kappa shape index (κ1) is 21.6. The maximum Gasteiger partial charge on any atom is 0.278 e. The van der Waals surface area contributed by atoms with Crippen LogP contribution in [0, 0.1) is 12.7 Å². The zero-order valence-electron chi connectivity index (χ0n) is 17.5. The average Bonchev–Trinajstić information content (AvgIpc) is 3.01. The Morgan fingerprint density at radius 1 is 1.00 bits per heavy atom. The molecular formula is C25H20ClFN2O3. The number of ether oxygens (including phenoxy) is 1. The summed E-state index contributed by atoms with van der Waals surface area (Å²) in [6.45, 7) is 1.90. The second kappa shape index (κ2) is 8.85. The third-order valence-corrected chi connectivity index (χ3v) is 5.67. The Morgan fingerprint density at radius 2 is 1.72 bits per heavy atom. The molecule has 0 fully saturated rings. The standard InChI is InChI=1S/C25H20ClFN2O3/c1-15-7-12-19(13-20(15)26)28-23-22(16-8-10-18(27)11-9-16)24(30)29(25(23)31)14-17-5-3-4-6-21(17)32-2/h3-13,28H,14H2,1-2H3. The molecule has 3 aromatic carbocycles. The van der Waals surface area contributed by atoms with Crippen LogP contribution in [0.5, 0.6) is 5.75 Å². The van der Waals surface area contributed by atoms with Crippen LogP contribution in [0.25, 0.3) is 5.57 Å². The second-order valence-corrected chi connectivity index (χ2v) is 7.76. The number of hydrogen-bond acceptors (Lipinski definition) is 4. The number of rotatable bonds is 6. The molecule has 5 nitrogen and oxygen atoms in total. The van der Waals surface area contributed by atoms with Crippen LogP contribution in [0.3, 0.4) is 0 Å². The van der Waals surface area contributed by atoms with Crippen molar-refractivity contribution in [1.82, 2.24) is 4.90 Å². The van der Waals surface area contributed by atoms with E-state index >= 15 is 0 Å². The Hall–Kier alpha value is -3.64. The molecule has 1 N–H and O–H groups in total. The molecule has 0 aliphatic carbocycles. The molecule has 0 aromatic heterocycles. The lowest BCUT2D eigenvalue weighted by molar-refractivity contribution is -0.137. The minimum absolute atomic E-state index is 0.0339. The van der Waals surface area contributed by atoms with Gasteiger partial charge in [0.15, 0.2) is 0 Å². The number of halogens is 2. The van der Waals surface area contributed by atoms with Crippen molar-refractivity contribution in [2.24, 2.45) is 0 Å². The minimum atomic E-state index is -0.489. The van der Waals surface area contributed by atoms with Gasteiger partial charge in [0, 0.05) is 16.3 Å². The van der Waals surface area contributed by atoms with Gasteiger partial charge >= 0.3 is 0 Å². The molecule has 0 saturated carbocycles. The summed E-state index contributed by atoms with van der Waals surface area (Å²) in [6.07, 6.45) is 0. The Labute approximate surface area is 190 Å². The van der Waals surface area contributed by atoms with Gasteiger partial charge in [-0.05, 0) is 48.4 Å². The van der Waals surface area contributed by atoms with Crippen molar-refractivity contribution in [3.63, 3.8) is 0 Å². The first-order valence-corrected chi connectivity index (χ1v) is 10.3. The molecule has 7 heteroatoms. The molecule has 0 radical (unpaired) electrons. The van der Waals surface area contributed by atoms with Crippen molar-refractivity contribution in [1.29, 1.82) is 0 Å². The van der Waals surface area contributed by atoms with Gasteiger partial charge in [-0.15, -0.1) is 0 Å². The molecule has 1 heterocycles. The molecule has 2 amide bonds. The van der Waals surface area contributed by atoms with Crippen molar-refractivity contribution in [2.75, 3.05) is 12.4 Å². The van der Waals surface area contributed by atoms with Gasteiger partial charge < -0.3 is 10.1 Å². The first-order valence-electron chi connectivity index (χ1n) is 9.90. The molecule has 0 unspecified atom stereocenters. The predicted molar refractivity (Wildman–Crippen MR) is 122 cm³/mol. The Morgan fingerprint density at radius 3 is 2.41 bits per heavy atom. The molecule has 0 saturated heterocycles. The molecule has 0 atom stereocenters. The van der Waals surface area contributed by atoms with Gasteiger partial charge in [0.05, 0.1) is 19.2 Å². The highest BCUT2D eigenvalue weighted by molar-refractivity contribution is 6.36. The van der Waals surface area contributed by atoms with Crippen LogP contribution in [0.15, 0.2) is 72.4 Å². The Balaban J connectivity index is 1.75. The maximum absolute atomic E-state index is 13.5. The van der Waals surface area contributed by atoms with E-state index in [2.05, 4.69) is 5.32 Å². The van der Waals surface area contributed by atoms with Crippen molar-refractivity contribution < 1.29 is 18.7 Å². The highest BCUT2D eigenvalue weighted by Crippen LogP contribution is 2.33. The van der Waals surface area contributed by atoms with Crippen molar-refractivity contribution >= 4 is 34.7 Å². The third kappa shape index (κ3) is 4.09. The summed E-state index contributed by atoms with van der Waals surface area (Å²) in [5.74, 6) is -0.829. The van der Waals surface area contributed by atoms with Crippen LogP contribution < -0.4 is 10.1 Å². The molecule has 4 rings (SSSR count). The fourth-order valence-corrected chi connectivity index (χ4v) is 3.72. The third-order valence-electron chi connectivity index (χ3n) is 5.26. The van der Waals surface area contributed by atoms with E-state index in [4.69, 9.17) is 16.3 Å². The van der Waals surface area contributed by atoms with Crippen molar-refractivity contribution in [2.45, 2.75) is 13.5 Å². The van der Waals surface area contributed by atoms with E-state index in [0.29, 0.717) is 27.6 Å². The highest BCUT2D eigenvalue weighted by Gasteiger charge is 2.39. The number of carbonyl (C=O) groups is 2. The number of para-hydroxylation sites is 1. The SMILES string of the molecule is COc1ccccc1CN1C(=O)C(Nc2ccc(C)c(Cl)c2)=C(c2ccc(F)cc2)C1=O. The van der Waals surface area contributed by atoms with Crippen molar-refractivity contribution in [3.8, 4) is 5.75 Å². The van der Waals surface area contributed by atoms with E-state index in [1.165, 1.54) is 31.4 Å². The van der Waals surface area contributed by atoms with E-state index in [1.54, 1.807) is 24.3 Å². The topological polar surface area (TPSA) is 58.6 Å². The molecule has 32 heavy (non-hydrogen) atoms. The summed E-state index contributed by atoms with van der Waals surface area (Å²) in [4.78, 5) is 27.9. The molecule has 0 spiro atoms. The second-order valence-electron chi connectivity index (χ2n) is 7.35. The predicted octanol–water partition coefficient (Wildman–Crippen LogP) is 5.19. The lowest BCUT2D eigenvalue weighted by atomic mass is 10.0. The first-order chi connectivity index (χ1) is 15.4. The summed E-state index contributed by atoms with van der Waals surface area (Å²) in [7, 11) is 1.53. The monoisotopic (exact) mass is 450 g/mol. The van der Waals surface area contributed by atoms with E-state index < -0.39 is 17.6 Å². The molecule has 0 bridgehead atoms. The van der Waals surface area contributed by atoms with Gasteiger partial charge in [-0.25, -0.2) is 4.39 Å². The fourth-order valence-electron chi connectivity index (χ4n) is 3.54. The smallest absolute Gasteiger partial charge is 0.278 e. The van der Waals surface area contributed by atoms with Crippen LogP contribution in [-0.4, -0.2) is 23.8 Å². The number of amides is 2. The molecule has 1 aliphatic rings. The summed E-state index contributed by atoms with van der Waals surface area (Å²) < 4.78 is 18.9. The highest BCUT2D eigenvalue weighted by atomic mass is 35.5. The zero-order valence-corrected chi connectivity index (χ0v) is 18.2. The largest absolute Gasteiger partial charge is 0.496 e. The van der Waals surface area contributed by atoms with E-state index in [1.807, 2.05) is 25.1 Å². The zero-order chi connectivity index (χ0) is 22.8. The van der Waals surface area contributed by atoms with Gasteiger partial charge in [0.2, 0.25) is 0 Å². The van der Waals surface area contributed by atoms with Gasteiger partial charge in [0.25, 0.3) is 11.8 Å². The molecule has 1 aliphatic heterocycles. The number of anilines is 1. The van der Waals surface area contributed by atoms with Gasteiger partial charge in [-0.1, -0.05) is 48.0 Å². The summed E-state index contributed by atoms with van der Waals surface area (Å²) in [6, 6.07) is 17.9. The number of carbonyl (C=O) groups excluding carboxylic acids is 2. The van der Waals surface area contributed by atoms with Gasteiger partial charge in [0.1, 0.15) is 17.3 Å². The van der Waals surface area contributed by atoms with Crippen LogP contribution in [0.2, 0.25) is 5.02 Å². The molecule has 162 valence electrons. The number of benzene rings is 3. The maximum atomic E-state index is 13.5. The number of nitrogens with one attached hydrogen (secondary N) is 1. The summed E-state index contributed by atoms with van der Waals surface area (Å²) >= 11 is 6.23. The summed E-state index contributed by atoms with van der Waals surface area (Å²) in [5, 5.41) is 3.58. The average molecular weight is 451 g/mol. The van der Waals surface area contributed by atoms with Gasteiger partial charge in [-0.2, -0.15) is 0 Å². The number of nitrogens with zero attached hydrogens (tertiary/aromatic N) is 1. The fraction of sp³-hybridized carbons (Fsp3) is 0.120. The van der Waals surface area contributed by atoms with E-state index in [0.717, 1.165) is 10.5 Å². The quantitative estimate of drug-likeness (QED) is 0.525. The van der Waals surface area contributed by atoms with Crippen LogP contribution in [0.4, 0.5) is 10.1 Å². The van der Waals surface area contributed by atoms with E-state index in [9.17, 15) is 14.0 Å². The Bertz CT molecular complexity index is 1240. The van der Waals surface area contributed by atoms with Crippen LogP contribution in [0.1, 0.15) is 16.7 Å². The molecular weight excluding hydrogens is 431 g/mol. The number of methoxy groups -OCH3 is 1. The number of imide groups is 1. The molecule has 3 aromatic rings. The van der Waals surface area contributed by atoms with Gasteiger partial charge in [-0.3, -0.25) is 14.5 Å². The number of hydrogen-bond donors (Lipinski definition) is 1. The van der Waals surface area contributed by atoms with Crippen LogP contribution >= 0.6 is 11.6 Å². The van der Waals surface area contributed by atoms with E-state index in [-0.39, 0.29) is 17.8 Å². The normalized spacial score (nSPS) is 13.7. The number of aryl methyl sites for hydroxylation is 1. The lowest BCUT2D eigenvalue weighted by Crippen LogP contribution is -2.32. The lowest BCUT2D eigenvalue weighted by Gasteiger charge is -2.17. The summed E-state index contributed by atoms with van der Waals surface area (Å²) in [5.41, 5.74) is 2.85. The van der Waals surface area contributed by atoms with Crippen molar-refractivity contribution in [3.05, 3.63) is 100.0 Å². The minimum Gasteiger partial charge on any atom is -0.496 e. The van der Waals surface area contributed by atoms with Crippen LogP contribution in [-0.2, 0) is 16.1 Å².